The summed E-state index contributed by atoms with van der Waals surface area (Å²) in [4.78, 5) is 23.8. The van der Waals surface area contributed by atoms with Crippen LogP contribution in [0, 0.1) is 5.82 Å². The molecule has 148 valence electrons. The molecule has 2 heterocycles. The minimum atomic E-state index is -4.89. The molecule has 0 atom stereocenters. The molecule has 0 amide bonds. The highest BCUT2D eigenvalue weighted by Crippen LogP contribution is 2.40. The van der Waals surface area contributed by atoms with Crippen molar-refractivity contribution in [1.82, 2.24) is 4.57 Å². The van der Waals surface area contributed by atoms with Gasteiger partial charge >= 0.3 is 6.18 Å². The average molecular weight is 413 g/mol. The molecule has 3 aromatic rings. The number of pyridine rings is 1. The summed E-state index contributed by atoms with van der Waals surface area (Å²) in [6, 6.07) is 2.51. The molecule has 1 N–H and O–H groups in total. The summed E-state index contributed by atoms with van der Waals surface area (Å²) in [6.07, 6.45) is -3.01. The van der Waals surface area contributed by atoms with E-state index in [1.54, 1.807) is 0 Å². The number of hydrogen-bond donors (Lipinski definition) is 1. The summed E-state index contributed by atoms with van der Waals surface area (Å²) in [5.74, 6) is -1.41. The van der Waals surface area contributed by atoms with Crippen LogP contribution >= 0.6 is 11.3 Å². The summed E-state index contributed by atoms with van der Waals surface area (Å²) in [7, 11) is 0. The van der Waals surface area contributed by atoms with Crippen LogP contribution in [0.3, 0.4) is 0 Å². The molecule has 3 rings (SSSR count). The van der Waals surface area contributed by atoms with Crippen molar-refractivity contribution in [2.75, 3.05) is 0 Å². The van der Waals surface area contributed by atoms with Gasteiger partial charge in [-0.3, -0.25) is 4.79 Å². The first-order valence-electron chi connectivity index (χ1n) is 8.13. The van der Waals surface area contributed by atoms with Gasteiger partial charge < -0.3 is 14.5 Å². The molecular formula is C19H15F4NO3S. The second-order valence-electron chi connectivity index (χ2n) is 6.77. The molecule has 0 saturated carbocycles. The fourth-order valence-corrected chi connectivity index (χ4v) is 4.19. The number of halogens is 4. The Morgan fingerprint density at radius 1 is 1.21 bits per heavy atom. The molecule has 0 saturated heterocycles. The van der Waals surface area contributed by atoms with Crippen molar-refractivity contribution in [3.8, 4) is 11.1 Å². The molecule has 2 aromatic heterocycles. The number of aldehydes is 1. The van der Waals surface area contributed by atoms with Crippen molar-refractivity contribution < 1.29 is 27.5 Å². The number of carbonyl (C=O) groups is 1. The minimum Gasteiger partial charge on any atom is -0.386 e. The van der Waals surface area contributed by atoms with Crippen molar-refractivity contribution in [3.63, 3.8) is 0 Å². The van der Waals surface area contributed by atoms with Gasteiger partial charge in [0.25, 0.3) is 5.56 Å². The maximum atomic E-state index is 13.6. The number of carbonyl (C=O) groups excluding carboxylic acids is 1. The lowest BCUT2D eigenvalue weighted by atomic mass is 9.96. The van der Waals surface area contributed by atoms with E-state index >= 15 is 0 Å². The van der Waals surface area contributed by atoms with Gasteiger partial charge in [0.15, 0.2) is 0 Å². The monoisotopic (exact) mass is 413 g/mol. The number of alkyl halides is 3. The fraction of sp³-hybridized carbons (Fsp3) is 0.263. The second-order valence-corrected chi connectivity index (χ2v) is 7.65. The van der Waals surface area contributed by atoms with Crippen molar-refractivity contribution in [2.45, 2.75) is 32.2 Å². The zero-order valence-corrected chi connectivity index (χ0v) is 15.6. The molecule has 0 aliphatic rings. The highest BCUT2D eigenvalue weighted by atomic mass is 32.1. The largest absolute Gasteiger partial charge is 0.419 e. The lowest BCUT2D eigenvalue weighted by Crippen LogP contribution is -2.25. The first-order valence-corrected chi connectivity index (χ1v) is 9.01. The van der Waals surface area contributed by atoms with Gasteiger partial charge in [-0.25, -0.2) is 4.39 Å². The minimum absolute atomic E-state index is 0.0163. The Morgan fingerprint density at radius 3 is 2.46 bits per heavy atom. The fourth-order valence-electron chi connectivity index (χ4n) is 2.96. The summed E-state index contributed by atoms with van der Waals surface area (Å²) < 4.78 is 54.3. The molecule has 28 heavy (non-hydrogen) atoms. The van der Waals surface area contributed by atoms with Crippen LogP contribution in [0.4, 0.5) is 17.6 Å². The number of hydrogen-bond acceptors (Lipinski definition) is 4. The SMILES string of the molecule is CC(C)(O)c1cn(CC=O)c(=O)c2c(-c3ccc(F)c(C(F)(F)F)c3)csc12. The van der Waals surface area contributed by atoms with Gasteiger partial charge in [0.1, 0.15) is 12.1 Å². The van der Waals surface area contributed by atoms with Crippen LogP contribution in [0.15, 0.2) is 34.6 Å². The summed E-state index contributed by atoms with van der Waals surface area (Å²) >= 11 is 1.08. The molecule has 0 unspecified atom stereocenters. The van der Waals surface area contributed by atoms with Gasteiger partial charge in [-0.15, -0.1) is 11.3 Å². The van der Waals surface area contributed by atoms with E-state index in [0.29, 0.717) is 28.7 Å². The molecule has 0 fully saturated rings. The van der Waals surface area contributed by atoms with E-state index in [4.69, 9.17) is 0 Å². The standard InChI is InChI=1S/C19H15F4NO3S/c1-18(2,27)13-8-24(5-6-25)17(26)15-11(9-28-16(13)15)10-3-4-14(20)12(7-10)19(21,22)23/h3-4,6-9,27H,5H2,1-2H3. The average Bonchev–Trinajstić information content (AvgIpc) is 3.01. The maximum absolute atomic E-state index is 13.6. The molecular weight excluding hydrogens is 398 g/mol. The number of fused-ring (bicyclic) bond motifs is 1. The van der Waals surface area contributed by atoms with Crippen LogP contribution in [-0.2, 0) is 23.1 Å². The number of aliphatic hydroxyl groups is 1. The Labute approximate surface area is 160 Å². The molecule has 1 aromatic carbocycles. The van der Waals surface area contributed by atoms with Crippen LogP contribution < -0.4 is 5.56 Å². The number of nitrogens with zero attached hydrogens (tertiary/aromatic N) is 1. The van der Waals surface area contributed by atoms with Crippen LogP contribution in [0.1, 0.15) is 25.0 Å². The maximum Gasteiger partial charge on any atom is 0.419 e. The van der Waals surface area contributed by atoms with Crippen LogP contribution in [0.25, 0.3) is 21.2 Å². The number of thiophene rings is 1. The normalized spacial score (nSPS) is 12.5. The Hall–Kier alpha value is -2.52. The first-order chi connectivity index (χ1) is 12.9. The summed E-state index contributed by atoms with van der Waals surface area (Å²) in [5.41, 5.74) is -2.82. The highest BCUT2D eigenvalue weighted by molar-refractivity contribution is 7.18. The predicted molar refractivity (Wildman–Crippen MR) is 97.8 cm³/mol. The van der Waals surface area contributed by atoms with Gasteiger partial charge in [-0.05, 0) is 31.5 Å². The van der Waals surface area contributed by atoms with E-state index in [1.165, 1.54) is 25.4 Å². The van der Waals surface area contributed by atoms with Gasteiger partial charge in [-0.2, -0.15) is 13.2 Å². The Morgan fingerprint density at radius 2 is 1.89 bits per heavy atom. The second kappa shape index (κ2) is 6.82. The smallest absolute Gasteiger partial charge is 0.386 e. The van der Waals surface area contributed by atoms with Gasteiger partial charge in [-0.1, -0.05) is 6.07 Å². The van der Waals surface area contributed by atoms with E-state index in [0.717, 1.165) is 22.0 Å². The van der Waals surface area contributed by atoms with E-state index < -0.39 is 28.7 Å². The molecule has 9 heteroatoms. The third kappa shape index (κ3) is 3.47. The van der Waals surface area contributed by atoms with Crippen molar-refractivity contribution in [1.29, 1.82) is 0 Å². The third-order valence-corrected chi connectivity index (χ3v) is 5.32. The van der Waals surface area contributed by atoms with Crippen molar-refractivity contribution in [2.24, 2.45) is 0 Å². The molecule has 0 bridgehead atoms. The molecule has 0 aliphatic carbocycles. The topological polar surface area (TPSA) is 59.3 Å². The zero-order valence-electron chi connectivity index (χ0n) is 14.8. The number of aromatic nitrogens is 1. The summed E-state index contributed by atoms with van der Waals surface area (Å²) in [6.45, 7) is 2.72. The van der Waals surface area contributed by atoms with Gasteiger partial charge in [0.2, 0.25) is 0 Å². The van der Waals surface area contributed by atoms with E-state index in [2.05, 4.69) is 0 Å². The van der Waals surface area contributed by atoms with E-state index in [9.17, 15) is 32.3 Å². The molecule has 4 nitrogen and oxygen atoms in total. The Bertz CT molecular complexity index is 1120. The predicted octanol–water partition coefficient (Wildman–Crippen LogP) is 4.31. The van der Waals surface area contributed by atoms with E-state index in [-0.39, 0.29) is 23.1 Å². The Kier molecular flexibility index (Phi) is 4.93. The molecule has 0 aliphatic heterocycles. The van der Waals surface area contributed by atoms with Crippen LogP contribution in [0.5, 0.6) is 0 Å². The van der Waals surface area contributed by atoms with Gasteiger partial charge in [0, 0.05) is 27.4 Å². The summed E-state index contributed by atoms with van der Waals surface area (Å²) in [5, 5.41) is 12.0. The Balaban J connectivity index is 2.37. The molecule has 0 spiro atoms. The zero-order chi connectivity index (χ0) is 20.9. The van der Waals surface area contributed by atoms with Crippen molar-refractivity contribution in [3.05, 3.63) is 57.1 Å². The van der Waals surface area contributed by atoms with Crippen LogP contribution in [-0.4, -0.2) is 16.0 Å². The lowest BCUT2D eigenvalue weighted by Gasteiger charge is -2.20. The first kappa shape index (κ1) is 20.2. The highest BCUT2D eigenvalue weighted by Gasteiger charge is 2.34. The van der Waals surface area contributed by atoms with E-state index in [1.807, 2.05) is 0 Å². The van der Waals surface area contributed by atoms with Crippen LogP contribution in [0.2, 0.25) is 0 Å². The van der Waals surface area contributed by atoms with Gasteiger partial charge in [0.05, 0.1) is 23.1 Å². The molecule has 0 radical (unpaired) electrons. The lowest BCUT2D eigenvalue weighted by molar-refractivity contribution is -0.139. The number of rotatable bonds is 4. The van der Waals surface area contributed by atoms with Crippen molar-refractivity contribution >= 4 is 27.7 Å². The quantitative estimate of drug-likeness (QED) is 0.512. The number of benzene rings is 1. The third-order valence-electron chi connectivity index (χ3n) is 4.31.